The number of anilines is 1. The molecule has 86 valence electrons. The van der Waals surface area contributed by atoms with E-state index in [0.29, 0.717) is 11.3 Å². The molecule has 0 saturated heterocycles. The Morgan fingerprint density at radius 2 is 2.25 bits per heavy atom. The van der Waals surface area contributed by atoms with Crippen LogP contribution in [0.2, 0.25) is 0 Å². The SMILES string of the molecule is C=CC(C)NC(=O)c1cc(N)cc(C)c1F. The highest BCUT2D eigenvalue weighted by molar-refractivity contribution is 5.95. The summed E-state index contributed by atoms with van der Waals surface area (Å²) in [5.41, 5.74) is 6.26. The zero-order chi connectivity index (χ0) is 12.3. The third kappa shape index (κ3) is 2.59. The Morgan fingerprint density at radius 3 is 2.81 bits per heavy atom. The topological polar surface area (TPSA) is 55.1 Å². The summed E-state index contributed by atoms with van der Waals surface area (Å²) in [4.78, 5) is 11.7. The Kier molecular flexibility index (Phi) is 3.66. The Labute approximate surface area is 94.1 Å². The number of hydrogen-bond donors (Lipinski definition) is 2. The third-order valence-electron chi connectivity index (χ3n) is 2.23. The summed E-state index contributed by atoms with van der Waals surface area (Å²) >= 11 is 0. The molecule has 0 bridgehead atoms. The number of amides is 1. The van der Waals surface area contributed by atoms with Crippen molar-refractivity contribution in [2.75, 3.05) is 5.73 Å². The fourth-order valence-electron chi connectivity index (χ4n) is 1.31. The normalized spacial score (nSPS) is 11.9. The van der Waals surface area contributed by atoms with E-state index in [2.05, 4.69) is 11.9 Å². The first kappa shape index (κ1) is 12.2. The first-order valence-electron chi connectivity index (χ1n) is 4.94. The van der Waals surface area contributed by atoms with Crippen LogP contribution in [-0.2, 0) is 0 Å². The Morgan fingerprint density at radius 1 is 1.62 bits per heavy atom. The molecule has 1 atom stereocenters. The molecule has 0 aliphatic carbocycles. The molecule has 1 aromatic rings. The fraction of sp³-hybridized carbons (Fsp3) is 0.250. The molecular formula is C12H15FN2O. The average Bonchev–Trinajstić information content (AvgIpc) is 2.22. The maximum Gasteiger partial charge on any atom is 0.254 e. The van der Waals surface area contributed by atoms with Gasteiger partial charge in [-0.2, -0.15) is 0 Å². The van der Waals surface area contributed by atoms with Crippen LogP contribution in [0.15, 0.2) is 24.8 Å². The first-order chi connectivity index (χ1) is 7.45. The highest BCUT2D eigenvalue weighted by Gasteiger charge is 2.15. The van der Waals surface area contributed by atoms with Gasteiger partial charge in [0.2, 0.25) is 0 Å². The number of nitrogen functional groups attached to an aromatic ring is 1. The van der Waals surface area contributed by atoms with Crippen LogP contribution in [0.4, 0.5) is 10.1 Å². The monoisotopic (exact) mass is 222 g/mol. The molecule has 1 amide bonds. The molecule has 1 rings (SSSR count). The van der Waals surface area contributed by atoms with Crippen molar-refractivity contribution in [3.63, 3.8) is 0 Å². The van der Waals surface area contributed by atoms with Crippen LogP contribution < -0.4 is 11.1 Å². The summed E-state index contributed by atoms with van der Waals surface area (Å²) in [6, 6.07) is 2.60. The minimum absolute atomic E-state index is 0.0359. The van der Waals surface area contributed by atoms with Gasteiger partial charge in [-0.25, -0.2) is 4.39 Å². The fourth-order valence-corrected chi connectivity index (χ4v) is 1.31. The van der Waals surface area contributed by atoms with Crippen molar-refractivity contribution >= 4 is 11.6 Å². The van der Waals surface area contributed by atoms with Crippen molar-refractivity contribution in [3.8, 4) is 0 Å². The molecule has 1 aromatic carbocycles. The molecule has 0 radical (unpaired) electrons. The second-order valence-electron chi connectivity index (χ2n) is 3.70. The zero-order valence-electron chi connectivity index (χ0n) is 9.38. The smallest absolute Gasteiger partial charge is 0.254 e. The third-order valence-corrected chi connectivity index (χ3v) is 2.23. The lowest BCUT2D eigenvalue weighted by Crippen LogP contribution is -2.31. The lowest BCUT2D eigenvalue weighted by Gasteiger charge is -2.11. The number of aryl methyl sites for hydroxylation is 1. The molecule has 0 aromatic heterocycles. The quantitative estimate of drug-likeness (QED) is 0.607. The van der Waals surface area contributed by atoms with Gasteiger partial charge in [0, 0.05) is 11.7 Å². The van der Waals surface area contributed by atoms with E-state index in [-0.39, 0.29) is 11.6 Å². The number of carbonyl (C=O) groups excluding carboxylic acids is 1. The number of nitrogens with one attached hydrogen (secondary N) is 1. The van der Waals surface area contributed by atoms with Gasteiger partial charge in [0.05, 0.1) is 5.56 Å². The van der Waals surface area contributed by atoms with Gasteiger partial charge in [-0.15, -0.1) is 6.58 Å². The predicted octanol–water partition coefficient (Wildman–Crippen LogP) is 2.02. The molecule has 0 heterocycles. The standard InChI is InChI=1S/C12H15FN2O/c1-4-8(3)15-12(16)10-6-9(14)5-7(2)11(10)13/h4-6,8H,1,14H2,2-3H3,(H,15,16). The second-order valence-corrected chi connectivity index (χ2v) is 3.70. The number of rotatable bonds is 3. The summed E-state index contributed by atoms with van der Waals surface area (Å²) in [7, 11) is 0. The van der Waals surface area contributed by atoms with Crippen LogP contribution in [0.25, 0.3) is 0 Å². The minimum Gasteiger partial charge on any atom is -0.399 e. The molecule has 3 N–H and O–H groups in total. The van der Waals surface area contributed by atoms with Gasteiger partial charge in [0.1, 0.15) is 5.82 Å². The summed E-state index contributed by atoms with van der Waals surface area (Å²) in [5.74, 6) is -1.02. The lowest BCUT2D eigenvalue weighted by atomic mass is 10.1. The summed E-state index contributed by atoms with van der Waals surface area (Å²) in [6.45, 7) is 6.85. The molecular weight excluding hydrogens is 207 g/mol. The van der Waals surface area contributed by atoms with Gasteiger partial charge < -0.3 is 11.1 Å². The van der Waals surface area contributed by atoms with Gasteiger partial charge in [-0.05, 0) is 31.5 Å². The lowest BCUT2D eigenvalue weighted by molar-refractivity contribution is 0.0943. The van der Waals surface area contributed by atoms with Crippen molar-refractivity contribution in [3.05, 3.63) is 41.7 Å². The zero-order valence-corrected chi connectivity index (χ0v) is 9.38. The van der Waals surface area contributed by atoms with Crippen LogP contribution in [0.5, 0.6) is 0 Å². The second kappa shape index (κ2) is 4.79. The molecule has 0 aliphatic rings. The molecule has 3 nitrogen and oxygen atoms in total. The van der Waals surface area contributed by atoms with Crippen molar-refractivity contribution in [2.45, 2.75) is 19.9 Å². The van der Waals surface area contributed by atoms with Gasteiger partial charge >= 0.3 is 0 Å². The largest absolute Gasteiger partial charge is 0.399 e. The van der Waals surface area contributed by atoms with Gasteiger partial charge in [0.25, 0.3) is 5.91 Å². The Hall–Kier alpha value is -1.84. The van der Waals surface area contributed by atoms with E-state index >= 15 is 0 Å². The molecule has 1 unspecified atom stereocenters. The van der Waals surface area contributed by atoms with Crippen LogP contribution in [0.1, 0.15) is 22.8 Å². The predicted molar refractivity (Wildman–Crippen MR) is 62.7 cm³/mol. The molecule has 0 fully saturated rings. The van der Waals surface area contributed by atoms with Crippen molar-refractivity contribution in [1.29, 1.82) is 0 Å². The van der Waals surface area contributed by atoms with E-state index < -0.39 is 11.7 Å². The van der Waals surface area contributed by atoms with E-state index in [1.54, 1.807) is 19.9 Å². The molecule has 0 aliphatic heterocycles. The van der Waals surface area contributed by atoms with Crippen molar-refractivity contribution < 1.29 is 9.18 Å². The maximum absolute atomic E-state index is 13.6. The number of benzene rings is 1. The van der Waals surface area contributed by atoms with E-state index in [9.17, 15) is 9.18 Å². The summed E-state index contributed by atoms with van der Waals surface area (Å²) in [6.07, 6.45) is 1.56. The first-order valence-corrected chi connectivity index (χ1v) is 4.94. The van der Waals surface area contributed by atoms with Gasteiger partial charge in [-0.3, -0.25) is 4.79 Å². The number of nitrogens with two attached hydrogens (primary N) is 1. The highest BCUT2D eigenvalue weighted by Crippen LogP contribution is 2.17. The van der Waals surface area contributed by atoms with E-state index in [1.807, 2.05) is 0 Å². The van der Waals surface area contributed by atoms with Gasteiger partial charge in [-0.1, -0.05) is 6.08 Å². The maximum atomic E-state index is 13.6. The van der Waals surface area contributed by atoms with Crippen LogP contribution in [0, 0.1) is 12.7 Å². The molecule has 0 saturated carbocycles. The average molecular weight is 222 g/mol. The molecule has 4 heteroatoms. The van der Waals surface area contributed by atoms with Crippen molar-refractivity contribution in [1.82, 2.24) is 5.32 Å². The van der Waals surface area contributed by atoms with Crippen LogP contribution in [0.3, 0.4) is 0 Å². The van der Waals surface area contributed by atoms with Gasteiger partial charge in [0.15, 0.2) is 0 Å². The number of hydrogen-bond acceptors (Lipinski definition) is 2. The van der Waals surface area contributed by atoms with Crippen molar-refractivity contribution in [2.24, 2.45) is 0 Å². The van der Waals surface area contributed by atoms with Crippen LogP contribution in [-0.4, -0.2) is 11.9 Å². The Balaban J connectivity index is 3.04. The van der Waals surface area contributed by atoms with E-state index in [4.69, 9.17) is 5.73 Å². The summed E-state index contributed by atoms with van der Waals surface area (Å²) in [5, 5.41) is 2.59. The van der Waals surface area contributed by atoms with E-state index in [1.165, 1.54) is 12.1 Å². The highest BCUT2D eigenvalue weighted by atomic mass is 19.1. The minimum atomic E-state index is -0.539. The summed E-state index contributed by atoms with van der Waals surface area (Å²) < 4.78 is 13.6. The molecule has 16 heavy (non-hydrogen) atoms. The van der Waals surface area contributed by atoms with Crippen LogP contribution >= 0.6 is 0 Å². The Bertz CT molecular complexity index is 429. The molecule has 0 spiro atoms. The number of halogens is 1. The van der Waals surface area contributed by atoms with E-state index in [0.717, 1.165) is 0 Å². The number of carbonyl (C=O) groups is 1.